The van der Waals surface area contributed by atoms with Crippen molar-refractivity contribution in [2.45, 2.75) is 32.7 Å². The number of aliphatic carboxylic acids is 1. The summed E-state index contributed by atoms with van der Waals surface area (Å²) in [4.78, 5) is 24.7. The van der Waals surface area contributed by atoms with E-state index in [9.17, 15) is 14.7 Å². The SMILES string of the molecule is CCOC(=O)CCN(c1ccc(Br)cc1)C(CC)C(=O)O. The van der Waals surface area contributed by atoms with Gasteiger partial charge in [-0.3, -0.25) is 4.79 Å². The molecule has 21 heavy (non-hydrogen) atoms. The molecule has 0 aliphatic heterocycles. The zero-order valence-electron chi connectivity index (χ0n) is 12.2. The molecule has 0 saturated carbocycles. The Kier molecular flexibility index (Phi) is 7.22. The fraction of sp³-hybridized carbons (Fsp3) is 0.467. The minimum absolute atomic E-state index is 0.160. The van der Waals surface area contributed by atoms with Crippen molar-refractivity contribution in [1.82, 2.24) is 0 Å². The highest BCUT2D eigenvalue weighted by atomic mass is 79.9. The van der Waals surface area contributed by atoms with Crippen LogP contribution in [0.4, 0.5) is 5.69 Å². The number of halogens is 1. The number of esters is 1. The fourth-order valence-corrected chi connectivity index (χ4v) is 2.33. The molecule has 0 bridgehead atoms. The van der Waals surface area contributed by atoms with Crippen LogP contribution in [0.5, 0.6) is 0 Å². The van der Waals surface area contributed by atoms with Crippen LogP contribution >= 0.6 is 15.9 Å². The van der Waals surface area contributed by atoms with Crippen LogP contribution in [0.2, 0.25) is 0 Å². The number of carbonyl (C=O) groups is 2. The molecular weight excluding hydrogens is 338 g/mol. The minimum Gasteiger partial charge on any atom is -0.480 e. The number of carboxylic acids is 1. The average molecular weight is 358 g/mol. The van der Waals surface area contributed by atoms with Crippen LogP contribution < -0.4 is 4.90 Å². The van der Waals surface area contributed by atoms with E-state index in [2.05, 4.69) is 15.9 Å². The Bertz CT molecular complexity index is 475. The van der Waals surface area contributed by atoms with Gasteiger partial charge in [0.05, 0.1) is 13.0 Å². The van der Waals surface area contributed by atoms with Gasteiger partial charge in [0.2, 0.25) is 0 Å². The summed E-state index contributed by atoms with van der Waals surface area (Å²) in [5.41, 5.74) is 0.775. The van der Waals surface area contributed by atoms with Crippen molar-refractivity contribution in [1.29, 1.82) is 0 Å². The lowest BCUT2D eigenvalue weighted by Gasteiger charge is -2.30. The van der Waals surface area contributed by atoms with Crippen molar-refractivity contribution in [3.63, 3.8) is 0 Å². The number of nitrogens with zero attached hydrogens (tertiary/aromatic N) is 1. The van der Waals surface area contributed by atoms with Gasteiger partial charge in [0.25, 0.3) is 0 Å². The summed E-state index contributed by atoms with van der Waals surface area (Å²) in [5, 5.41) is 9.36. The molecule has 1 atom stereocenters. The molecule has 1 rings (SSSR count). The number of benzene rings is 1. The van der Waals surface area contributed by atoms with Gasteiger partial charge in [0.1, 0.15) is 6.04 Å². The third-order valence-electron chi connectivity index (χ3n) is 3.07. The lowest BCUT2D eigenvalue weighted by Crippen LogP contribution is -2.42. The second-order valence-electron chi connectivity index (χ2n) is 4.49. The molecule has 0 saturated heterocycles. The van der Waals surface area contributed by atoms with Gasteiger partial charge in [0.15, 0.2) is 0 Å². The molecule has 0 heterocycles. The Morgan fingerprint density at radius 1 is 1.29 bits per heavy atom. The first-order valence-electron chi connectivity index (χ1n) is 6.90. The maximum atomic E-state index is 11.5. The van der Waals surface area contributed by atoms with E-state index in [1.807, 2.05) is 31.2 Å². The highest BCUT2D eigenvalue weighted by Gasteiger charge is 2.24. The van der Waals surface area contributed by atoms with E-state index in [0.717, 1.165) is 10.2 Å². The number of anilines is 1. The van der Waals surface area contributed by atoms with Crippen molar-refractivity contribution in [2.75, 3.05) is 18.1 Å². The largest absolute Gasteiger partial charge is 0.480 e. The molecule has 0 spiro atoms. The second-order valence-corrected chi connectivity index (χ2v) is 5.40. The Morgan fingerprint density at radius 2 is 1.90 bits per heavy atom. The summed E-state index contributed by atoms with van der Waals surface area (Å²) >= 11 is 3.35. The van der Waals surface area contributed by atoms with E-state index in [1.54, 1.807) is 11.8 Å². The van der Waals surface area contributed by atoms with Gasteiger partial charge in [-0.05, 0) is 37.6 Å². The second kappa shape index (κ2) is 8.67. The van der Waals surface area contributed by atoms with Crippen LogP contribution in [0.3, 0.4) is 0 Å². The first-order chi connectivity index (χ1) is 9.99. The van der Waals surface area contributed by atoms with E-state index < -0.39 is 12.0 Å². The minimum atomic E-state index is -0.899. The number of ether oxygens (including phenoxy) is 1. The highest BCUT2D eigenvalue weighted by Crippen LogP contribution is 2.22. The molecule has 5 nitrogen and oxygen atoms in total. The van der Waals surface area contributed by atoms with Crippen molar-refractivity contribution in [3.8, 4) is 0 Å². The number of carboxylic acid groups (broad SMARTS) is 1. The number of hydrogen-bond acceptors (Lipinski definition) is 4. The third-order valence-corrected chi connectivity index (χ3v) is 3.60. The molecule has 0 aromatic heterocycles. The molecule has 6 heteroatoms. The number of hydrogen-bond donors (Lipinski definition) is 1. The standard InChI is InChI=1S/C15H20BrNO4/c1-3-13(15(19)20)17(10-9-14(18)21-4-2)12-7-5-11(16)6-8-12/h5-8,13H,3-4,9-10H2,1-2H3,(H,19,20). The Labute approximate surface area is 133 Å². The summed E-state index contributed by atoms with van der Waals surface area (Å²) in [6.07, 6.45) is 0.613. The fourth-order valence-electron chi connectivity index (χ4n) is 2.07. The van der Waals surface area contributed by atoms with Crippen LogP contribution in [0.15, 0.2) is 28.7 Å². The molecule has 0 amide bonds. The predicted molar refractivity (Wildman–Crippen MR) is 84.5 cm³/mol. The van der Waals surface area contributed by atoms with Gasteiger partial charge in [-0.15, -0.1) is 0 Å². The predicted octanol–water partition coefficient (Wildman–Crippen LogP) is 3.07. The Balaban J connectivity index is 2.91. The van der Waals surface area contributed by atoms with Crippen molar-refractivity contribution in [2.24, 2.45) is 0 Å². The summed E-state index contributed by atoms with van der Waals surface area (Å²) < 4.78 is 5.82. The number of carbonyl (C=O) groups excluding carboxylic acids is 1. The van der Waals surface area contributed by atoms with Crippen LogP contribution in [0.1, 0.15) is 26.7 Å². The van der Waals surface area contributed by atoms with Crippen LogP contribution in [-0.2, 0) is 14.3 Å². The van der Waals surface area contributed by atoms with Gasteiger partial charge in [-0.25, -0.2) is 4.79 Å². The van der Waals surface area contributed by atoms with E-state index >= 15 is 0 Å². The Morgan fingerprint density at radius 3 is 2.38 bits per heavy atom. The van der Waals surface area contributed by atoms with Gasteiger partial charge in [-0.2, -0.15) is 0 Å². The number of rotatable bonds is 8. The molecule has 116 valence electrons. The van der Waals surface area contributed by atoms with Crippen LogP contribution in [0.25, 0.3) is 0 Å². The van der Waals surface area contributed by atoms with Gasteiger partial charge < -0.3 is 14.7 Å². The lowest BCUT2D eigenvalue weighted by atomic mass is 10.1. The Hall–Kier alpha value is -1.56. The summed E-state index contributed by atoms with van der Waals surface area (Å²) in [6.45, 7) is 4.20. The van der Waals surface area contributed by atoms with Gasteiger partial charge in [-0.1, -0.05) is 22.9 Å². The van der Waals surface area contributed by atoms with E-state index in [1.165, 1.54) is 0 Å². The quantitative estimate of drug-likeness (QED) is 0.724. The zero-order valence-corrected chi connectivity index (χ0v) is 13.8. The molecule has 0 aliphatic rings. The summed E-state index contributed by atoms with van der Waals surface area (Å²) in [6, 6.07) is 6.70. The monoisotopic (exact) mass is 357 g/mol. The average Bonchev–Trinajstić information content (AvgIpc) is 2.44. The summed E-state index contributed by atoms with van der Waals surface area (Å²) in [7, 11) is 0. The van der Waals surface area contributed by atoms with Gasteiger partial charge in [0, 0.05) is 16.7 Å². The molecule has 1 aromatic carbocycles. The smallest absolute Gasteiger partial charge is 0.326 e. The molecule has 1 aromatic rings. The molecule has 0 radical (unpaired) electrons. The van der Waals surface area contributed by atoms with Crippen LogP contribution in [0, 0.1) is 0 Å². The highest BCUT2D eigenvalue weighted by molar-refractivity contribution is 9.10. The normalized spacial score (nSPS) is 11.8. The topological polar surface area (TPSA) is 66.8 Å². The maximum Gasteiger partial charge on any atom is 0.326 e. The van der Waals surface area contributed by atoms with E-state index in [4.69, 9.17) is 4.74 Å². The van der Waals surface area contributed by atoms with Crippen LogP contribution in [-0.4, -0.2) is 36.2 Å². The summed E-state index contributed by atoms with van der Waals surface area (Å²) in [5.74, 6) is -1.22. The molecule has 0 fully saturated rings. The molecule has 1 N–H and O–H groups in total. The van der Waals surface area contributed by atoms with E-state index in [-0.39, 0.29) is 12.4 Å². The first kappa shape index (κ1) is 17.5. The van der Waals surface area contributed by atoms with Crippen molar-refractivity contribution < 1.29 is 19.4 Å². The molecule has 1 unspecified atom stereocenters. The third kappa shape index (κ3) is 5.38. The van der Waals surface area contributed by atoms with E-state index in [0.29, 0.717) is 19.6 Å². The molecule has 0 aliphatic carbocycles. The van der Waals surface area contributed by atoms with Crippen molar-refractivity contribution in [3.05, 3.63) is 28.7 Å². The maximum absolute atomic E-state index is 11.5. The van der Waals surface area contributed by atoms with Crippen molar-refractivity contribution >= 4 is 33.6 Å². The van der Waals surface area contributed by atoms with Gasteiger partial charge >= 0.3 is 11.9 Å². The zero-order chi connectivity index (χ0) is 15.8. The first-order valence-corrected chi connectivity index (χ1v) is 7.69. The lowest BCUT2D eigenvalue weighted by molar-refractivity contribution is -0.143. The molecular formula is C15H20BrNO4.